The third-order valence-electron chi connectivity index (χ3n) is 4.21. The highest BCUT2D eigenvalue weighted by molar-refractivity contribution is 7.84. The zero-order valence-corrected chi connectivity index (χ0v) is 14.6. The molecule has 4 nitrogen and oxygen atoms in total. The van der Waals surface area contributed by atoms with Gasteiger partial charge in [0, 0.05) is 53.7 Å². The van der Waals surface area contributed by atoms with E-state index in [0.717, 1.165) is 42.2 Å². The van der Waals surface area contributed by atoms with Crippen molar-refractivity contribution in [1.29, 1.82) is 0 Å². The molecule has 1 aliphatic heterocycles. The Balaban J connectivity index is 1.57. The Morgan fingerprint density at radius 2 is 1.83 bits per heavy atom. The van der Waals surface area contributed by atoms with Gasteiger partial charge in [0.05, 0.1) is 0 Å². The average molecular weight is 342 g/mol. The van der Waals surface area contributed by atoms with Crippen LogP contribution in [-0.4, -0.2) is 22.9 Å². The molecular weight excluding hydrogens is 320 g/mol. The maximum Gasteiger partial charge on any atom is 0.227 e. The van der Waals surface area contributed by atoms with Crippen LogP contribution in [0.15, 0.2) is 53.4 Å². The molecule has 5 heteroatoms. The monoisotopic (exact) mass is 342 g/mol. The lowest BCUT2D eigenvalue weighted by molar-refractivity contribution is -0.117. The van der Waals surface area contributed by atoms with Crippen molar-refractivity contribution in [1.82, 2.24) is 5.32 Å². The van der Waals surface area contributed by atoms with Crippen LogP contribution in [0.1, 0.15) is 24.0 Å². The molecule has 0 aliphatic carbocycles. The van der Waals surface area contributed by atoms with Crippen LogP contribution in [0.5, 0.6) is 0 Å². The van der Waals surface area contributed by atoms with Crippen molar-refractivity contribution in [2.45, 2.75) is 30.8 Å². The van der Waals surface area contributed by atoms with Crippen molar-refractivity contribution in [2.24, 2.45) is 0 Å². The summed E-state index contributed by atoms with van der Waals surface area (Å²) in [5, 5.41) is 3.42. The Morgan fingerprint density at radius 3 is 2.50 bits per heavy atom. The molecule has 1 saturated heterocycles. The molecule has 2 aromatic rings. The van der Waals surface area contributed by atoms with Gasteiger partial charge in [-0.25, -0.2) is 0 Å². The molecule has 0 spiro atoms. The summed E-state index contributed by atoms with van der Waals surface area (Å²) in [7, 11) is -0.932. The highest BCUT2D eigenvalue weighted by Gasteiger charge is 2.21. The maximum absolute atomic E-state index is 11.8. The number of carbonyl (C=O) groups is 1. The zero-order valence-electron chi connectivity index (χ0n) is 13.8. The predicted molar refractivity (Wildman–Crippen MR) is 97.3 cm³/mol. The van der Waals surface area contributed by atoms with Crippen LogP contribution in [0.25, 0.3) is 0 Å². The van der Waals surface area contributed by atoms with Gasteiger partial charge in [0.25, 0.3) is 0 Å². The van der Waals surface area contributed by atoms with Gasteiger partial charge in [0.15, 0.2) is 0 Å². The normalized spacial score (nSPS) is 15.7. The van der Waals surface area contributed by atoms with E-state index in [1.165, 1.54) is 5.56 Å². The first-order valence-electron chi connectivity index (χ1n) is 8.16. The molecule has 0 saturated carbocycles. The van der Waals surface area contributed by atoms with Crippen LogP contribution in [0.2, 0.25) is 0 Å². The van der Waals surface area contributed by atoms with Gasteiger partial charge >= 0.3 is 0 Å². The number of rotatable bonds is 6. The van der Waals surface area contributed by atoms with Gasteiger partial charge in [-0.3, -0.25) is 9.00 Å². The molecule has 1 unspecified atom stereocenters. The molecule has 126 valence electrons. The topological polar surface area (TPSA) is 49.4 Å². The summed E-state index contributed by atoms with van der Waals surface area (Å²) in [6.45, 7) is 2.32. The quantitative estimate of drug-likeness (QED) is 0.878. The summed E-state index contributed by atoms with van der Waals surface area (Å²) >= 11 is 0. The number of hydrogen-bond donors (Lipinski definition) is 1. The number of nitrogens with zero attached hydrogens (tertiary/aromatic N) is 1. The third-order valence-corrected chi connectivity index (χ3v) is 5.15. The molecule has 0 bridgehead atoms. The van der Waals surface area contributed by atoms with Crippen LogP contribution in [0.4, 0.5) is 5.69 Å². The molecule has 3 rings (SSSR count). The van der Waals surface area contributed by atoms with Crippen molar-refractivity contribution in [3.05, 3.63) is 59.7 Å². The van der Waals surface area contributed by atoms with Crippen LogP contribution in [0.3, 0.4) is 0 Å². The number of amides is 1. The van der Waals surface area contributed by atoms with E-state index in [9.17, 15) is 9.00 Å². The van der Waals surface area contributed by atoms with Crippen LogP contribution >= 0.6 is 0 Å². The van der Waals surface area contributed by atoms with E-state index in [2.05, 4.69) is 17.4 Å². The summed E-state index contributed by atoms with van der Waals surface area (Å²) in [5.41, 5.74) is 3.32. The van der Waals surface area contributed by atoms with Crippen LogP contribution < -0.4 is 10.2 Å². The molecule has 1 amide bonds. The Kier molecular flexibility index (Phi) is 5.43. The van der Waals surface area contributed by atoms with Crippen molar-refractivity contribution >= 4 is 22.4 Å². The fraction of sp³-hybridized carbons (Fsp3) is 0.316. The first kappa shape index (κ1) is 16.9. The first-order valence-corrected chi connectivity index (χ1v) is 9.72. The maximum atomic E-state index is 11.8. The van der Waals surface area contributed by atoms with Crippen LogP contribution in [-0.2, 0) is 28.7 Å². The molecule has 1 heterocycles. The zero-order chi connectivity index (χ0) is 16.9. The van der Waals surface area contributed by atoms with E-state index in [1.807, 2.05) is 41.3 Å². The lowest BCUT2D eigenvalue weighted by Crippen LogP contribution is -2.23. The minimum Gasteiger partial charge on any atom is -0.312 e. The average Bonchev–Trinajstić information content (AvgIpc) is 3.02. The highest BCUT2D eigenvalue weighted by Crippen LogP contribution is 2.22. The van der Waals surface area contributed by atoms with Crippen molar-refractivity contribution in [3.8, 4) is 0 Å². The number of benzene rings is 2. The minimum atomic E-state index is -0.932. The Labute approximate surface area is 145 Å². The molecule has 1 N–H and O–H groups in total. The molecule has 0 aromatic heterocycles. The fourth-order valence-corrected chi connectivity index (χ4v) is 3.42. The third kappa shape index (κ3) is 4.10. The molecule has 1 aliphatic rings. The smallest absolute Gasteiger partial charge is 0.227 e. The lowest BCUT2D eigenvalue weighted by Gasteiger charge is -2.16. The SMILES string of the molecule is CS(=O)c1ccc(CNCc2cccc(N3CCCC3=O)c2)cc1. The molecule has 1 atom stereocenters. The van der Waals surface area contributed by atoms with Crippen molar-refractivity contribution in [2.75, 3.05) is 17.7 Å². The molecule has 2 aromatic carbocycles. The Bertz CT molecular complexity index is 743. The van der Waals surface area contributed by atoms with E-state index in [-0.39, 0.29) is 5.91 Å². The minimum absolute atomic E-state index is 0.216. The largest absolute Gasteiger partial charge is 0.312 e. The molecule has 1 fully saturated rings. The van der Waals surface area contributed by atoms with E-state index in [4.69, 9.17) is 0 Å². The van der Waals surface area contributed by atoms with Gasteiger partial charge in [-0.1, -0.05) is 24.3 Å². The van der Waals surface area contributed by atoms with Crippen molar-refractivity contribution < 1.29 is 9.00 Å². The van der Waals surface area contributed by atoms with E-state index in [1.54, 1.807) is 6.26 Å². The van der Waals surface area contributed by atoms with Crippen LogP contribution in [0, 0.1) is 0 Å². The van der Waals surface area contributed by atoms with E-state index >= 15 is 0 Å². The molecular formula is C19H22N2O2S. The van der Waals surface area contributed by atoms with Gasteiger partial charge in [-0.15, -0.1) is 0 Å². The second-order valence-electron chi connectivity index (χ2n) is 6.02. The van der Waals surface area contributed by atoms with Gasteiger partial charge in [0.1, 0.15) is 0 Å². The Hall–Kier alpha value is -1.98. The standard InChI is InChI=1S/C19H22N2O2S/c1-24(23)18-9-7-15(8-10-18)13-20-14-16-4-2-5-17(12-16)21-11-3-6-19(21)22/h2,4-5,7-10,12,20H,3,6,11,13-14H2,1H3. The van der Waals surface area contributed by atoms with Crippen molar-refractivity contribution in [3.63, 3.8) is 0 Å². The number of anilines is 1. The summed E-state index contributed by atoms with van der Waals surface area (Å²) in [4.78, 5) is 14.6. The second-order valence-corrected chi connectivity index (χ2v) is 7.40. The van der Waals surface area contributed by atoms with Gasteiger partial charge in [-0.2, -0.15) is 0 Å². The summed E-state index contributed by atoms with van der Waals surface area (Å²) < 4.78 is 11.4. The van der Waals surface area contributed by atoms with Gasteiger partial charge in [0.2, 0.25) is 5.91 Å². The summed E-state index contributed by atoms with van der Waals surface area (Å²) in [6.07, 6.45) is 3.28. The lowest BCUT2D eigenvalue weighted by atomic mass is 10.1. The molecule has 24 heavy (non-hydrogen) atoms. The first-order chi connectivity index (χ1) is 11.6. The number of nitrogens with one attached hydrogen (secondary N) is 1. The van der Waals surface area contributed by atoms with E-state index < -0.39 is 10.8 Å². The highest BCUT2D eigenvalue weighted by atomic mass is 32.2. The van der Waals surface area contributed by atoms with E-state index in [0.29, 0.717) is 6.42 Å². The summed E-state index contributed by atoms with van der Waals surface area (Å²) in [5.74, 6) is 0.216. The number of carbonyl (C=O) groups excluding carboxylic acids is 1. The van der Waals surface area contributed by atoms with Gasteiger partial charge < -0.3 is 10.2 Å². The predicted octanol–water partition coefficient (Wildman–Crippen LogP) is 2.84. The fourth-order valence-electron chi connectivity index (χ4n) is 2.91. The Morgan fingerprint density at radius 1 is 1.08 bits per heavy atom. The molecule has 0 radical (unpaired) electrons. The van der Waals surface area contributed by atoms with Gasteiger partial charge in [-0.05, 0) is 41.8 Å². The summed E-state index contributed by atoms with van der Waals surface area (Å²) in [6, 6.07) is 16.0. The second kappa shape index (κ2) is 7.73. The number of hydrogen-bond acceptors (Lipinski definition) is 3.